The summed E-state index contributed by atoms with van der Waals surface area (Å²) in [6, 6.07) is 2.73. The van der Waals surface area contributed by atoms with Gasteiger partial charge >= 0.3 is 13.3 Å². The summed E-state index contributed by atoms with van der Waals surface area (Å²) < 4.78 is 40.2. The van der Waals surface area contributed by atoms with Crippen LogP contribution in [0.5, 0.6) is 0 Å². The number of aryl methyl sites for hydroxylation is 1. The van der Waals surface area contributed by atoms with Crippen molar-refractivity contribution < 1.29 is 37.5 Å². The smallest absolute Gasteiger partial charge is 0.339 e. The van der Waals surface area contributed by atoms with Crippen LogP contribution in [0.25, 0.3) is 10.1 Å². The predicted octanol–water partition coefficient (Wildman–Crippen LogP) is 5.31. The van der Waals surface area contributed by atoms with Gasteiger partial charge in [0.2, 0.25) is 11.8 Å². The molecule has 0 saturated carbocycles. The van der Waals surface area contributed by atoms with E-state index in [9.17, 15) is 27.7 Å². The Morgan fingerprint density at radius 2 is 1.90 bits per heavy atom. The SMILES string of the molecule is CCCc1cnc(NC(=O)C2CCCN2C(=O)C(NC(=O)c2cc3cc(C(F)(F)P(=O)(O)O)ccc3s2)C(C)(C)C)s1. The van der Waals surface area contributed by atoms with Gasteiger partial charge in [-0.15, -0.1) is 22.7 Å². The number of alkyl halides is 2. The maximum atomic E-state index is 14.2. The number of amides is 3. The lowest BCUT2D eigenvalue weighted by molar-refractivity contribution is -0.140. The molecule has 15 heteroatoms. The molecular formula is C27H33F2N4O6PS2. The van der Waals surface area contributed by atoms with Crippen LogP contribution in [0.4, 0.5) is 13.9 Å². The molecule has 4 N–H and O–H groups in total. The van der Waals surface area contributed by atoms with Crippen molar-refractivity contribution in [2.45, 2.75) is 71.1 Å². The Morgan fingerprint density at radius 1 is 1.19 bits per heavy atom. The molecule has 3 amide bonds. The van der Waals surface area contributed by atoms with Gasteiger partial charge < -0.3 is 25.3 Å². The quantitative estimate of drug-likeness (QED) is 0.231. The number of thiazole rings is 1. The molecule has 228 valence electrons. The second kappa shape index (κ2) is 12.1. The Morgan fingerprint density at radius 3 is 2.55 bits per heavy atom. The van der Waals surface area contributed by atoms with E-state index in [0.717, 1.165) is 41.2 Å². The fourth-order valence-electron chi connectivity index (χ4n) is 4.75. The summed E-state index contributed by atoms with van der Waals surface area (Å²) in [6.45, 7) is 7.75. The van der Waals surface area contributed by atoms with Gasteiger partial charge in [-0.25, -0.2) is 4.98 Å². The first kappa shape index (κ1) is 32.2. The highest BCUT2D eigenvalue weighted by atomic mass is 32.1. The number of halogens is 2. The lowest BCUT2D eigenvalue weighted by atomic mass is 9.85. The van der Waals surface area contributed by atoms with Gasteiger partial charge in [0.1, 0.15) is 12.1 Å². The van der Waals surface area contributed by atoms with Crippen molar-refractivity contribution in [3.05, 3.63) is 45.8 Å². The van der Waals surface area contributed by atoms with Crippen molar-refractivity contribution in [2.24, 2.45) is 5.41 Å². The highest BCUT2D eigenvalue weighted by Crippen LogP contribution is 2.59. The number of likely N-dealkylation sites (tertiary alicyclic amines) is 1. The van der Waals surface area contributed by atoms with Gasteiger partial charge in [0.25, 0.3) is 5.91 Å². The van der Waals surface area contributed by atoms with E-state index < -0.39 is 48.1 Å². The minimum absolute atomic E-state index is 0.131. The third kappa shape index (κ3) is 6.73. The van der Waals surface area contributed by atoms with Crippen molar-refractivity contribution >= 4 is 63.2 Å². The standard InChI is InChI=1S/C27H33F2N4O6PS2/c1-5-7-17-14-30-25(41-17)32-22(34)18-8-6-11-33(18)24(36)21(26(2,3)4)31-23(35)20-13-15-12-16(9-10-19(15)42-20)27(28,29)40(37,38)39/h9-10,12-14,18,21H,5-8,11H2,1-4H3,(H,31,35)(H,30,32,34)(H2,37,38,39). The van der Waals surface area contributed by atoms with Crippen molar-refractivity contribution in [1.82, 2.24) is 15.2 Å². The average Bonchev–Trinajstić information content (AvgIpc) is 3.64. The van der Waals surface area contributed by atoms with Crippen LogP contribution in [0, 0.1) is 5.41 Å². The molecule has 2 atom stereocenters. The van der Waals surface area contributed by atoms with Crippen LogP contribution in [-0.2, 0) is 26.2 Å². The number of nitrogens with one attached hydrogen (secondary N) is 2. The van der Waals surface area contributed by atoms with Crippen molar-refractivity contribution in [2.75, 3.05) is 11.9 Å². The zero-order valence-corrected chi connectivity index (χ0v) is 26.0. The molecule has 0 spiro atoms. The molecule has 1 fully saturated rings. The third-order valence-corrected chi connectivity index (χ3v) is 10.0. The van der Waals surface area contributed by atoms with Gasteiger partial charge in [0.05, 0.1) is 4.88 Å². The molecule has 42 heavy (non-hydrogen) atoms. The van der Waals surface area contributed by atoms with E-state index in [0.29, 0.717) is 29.2 Å². The van der Waals surface area contributed by atoms with Crippen LogP contribution in [0.1, 0.15) is 67.1 Å². The average molecular weight is 643 g/mol. The van der Waals surface area contributed by atoms with Crippen LogP contribution in [0.15, 0.2) is 30.5 Å². The van der Waals surface area contributed by atoms with Gasteiger partial charge in [-0.2, -0.15) is 8.78 Å². The maximum absolute atomic E-state index is 14.2. The third-order valence-electron chi connectivity index (χ3n) is 6.96. The van der Waals surface area contributed by atoms with Crippen LogP contribution in [-0.4, -0.2) is 56.0 Å². The van der Waals surface area contributed by atoms with Crippen molar-refractivity contribution in [3.63, 3.8) is 0 Å². The Balaban J connectivity index is 1.52. The molecule has 0 radical (unpaired) electrons. The number of thiophene rings is 1. The Labute approximate surface area is 249 Å². The van der Waals surface area contributed by atoms with Gasteiger partial charge in [-0.3, -0.25) is 18.9 Å². The largest absolute Gasteiger partial charge is 0.399 e. The first-order valence-corrected chi connectivity index (χ1v) is 16.6. The Hall–Kier alpha value is -2.77. The maximum Gasteiger partial charge on any atom is 0.399 e. The number of fused-ring (bicyclic) bond motifs is 1. The van der Waals surface area contributed by atoms with Crippen LogP contribution in [0.3, 0.4) is 0 Å². The first-order valence-electron chi connectivity index (χ1n) is 13.4. The Kier molecular flexibility index (Phi) is 9.25. The summed E-state index contributed by atoms with van der Waals surface area (Å²) in [5, 5.41) is 6.26. The van der Waals surface area contributed by atoms with E-state index in [1.807, 2.05) is 0 Å². The molecule has 10 nitrogen and oxygen atoms in total. The number of aromatic nitrogens is 1. The molecule has 0 aliphatic carbocycles. The van der Waals surface area contributed by atoms with Gasteiger partial charge in [-0.05, 0) is 48.3 Å². The normalized spacial score (nSPS) is 17.0. The van der Waals surface area contributed by atoms with E-state index in [1.165, 1.54) is 28.4 Å². The fraction of sp³-hybridized carbons (Fsp3) is 0.481. The number of carbonyl (C=O) groups is 3. The van der Waals surface area contributed by atoms with E-state index in [2.05, 4.69) is 22.5 Å². The number of nitrogens with zero attached hydrogens (tertiary/aromatic N) is 2. The minimum Gasteiger partial charge on any atom is -0.339 e. The molecule has 2 aromatic heterocycles. The number of carbonyl (C=O) groups excluding carboxylic acids is 3. The predicted molar refractivity (Wildman–Crippen MR) is 158 cm³/mol. The van der Waals surface area contributed by atoms with Crippen LogP contribution in [0.2, 0.25) is 0 Å². The zero-order chi connectivity index (χ0) is 31.0. The van der Waals surface area contributed by atoms with Gasteiger partial charge in [-0.1, -0.05) is 40.2 Å². The second-order valence-corrected chi connectivity index (χ2v) is 15.1. The number of hydrogen-bond donors (Lipinski definition) is 4. The second-order valence-electron chi connectivity index (χ2n) is 11.3. The van der Waals surface area contributed by atoms with Gasteiger partial charge in [0.15, 0.2) is 5.13 Å². The minimum atomic E-state index is -5.76. The van der Waals surface area contributed by atoms with Gasteiger partial charge in [0, 0.05) is 27.9 Å². The fourth-order valence-corrected chi connectivity index (χ4v) is 7.08. The lowest BCUT2D eigenvalue weighted by Gasteiger charge is -2.35. The molecule has 3 heterocycles. The molecule has 2 unspecified atom stereocenters. The summed E-state index contributed by atoms with van der Waals surface area (Å²) in [7, 11) is -5.76. The number of hydrogen-bond acceptors (Lipinski definition) is 7. The van der Waals surface area contributed by atoms with Crippen LogP contribution >= 0.6 is 30.3 Å². The summed E-state index contributed by atoms with van der Waals surface area (Å²) in [4.78, 5) is 65.3. The topological polar surface area (TPSA) is 149 Å². The van der Waals surface area contributed by atoms with Crippen molar-refractivity contribution in [3.8, 4) is 0 Å². The van der Waals surface area contributed by atoms with E-state index >= 15 is 0 Å². The lowest BCUT2D eigenvalue weighted by Crippen LogP contribution is -2.57. The monoisotopic (exact) mass is 642 g/mol. The van der Waals surface area contributed by atoms with Crippen molar-refractivity contribution in [1.29, 1.82) is 0 Å². The molecule has 1 saturated heterocycles. The van der Waals surface area contributed by atoms with E-state index in [-0.39, 0.29) is 16.2 Å². The summed E-state index contributed by atoms with van der Waals surface area (Å²) in [6.07, 6.45) is 4.62. The molecule has 0 bridgehead atoms. The summed E-state index contributed by atoms with van der Waals surface area (Å²) in [5.41, 5.74) is -5.99. The first-order chi connectivity index (χ1) is 19.5. The number of benzene rings is 1. The summed E-state index contributed by atoms with van der Waals surface area (Å²) in [5.74, 6) is -1.37. The number of rotatable bonds is 9. The Bertz CT molecular complexity index is 1550. The molecular weight excluding hydrogens is 609 g/mol. The molecule has 1 aromatic carbocycles. The molecule has 3 aromatic rings. The zero-order valence-electron chi connectivity index (χ0n) is 23.5. The van der Waals surface area contributed by atoms with E-state index in [1.54, 1.807) is 27.0 Å². The molecule has 1 aliphatic rings. The van der Waals surface area contributed by atoms with E-state index in [4.69, 9.17) is 9.79 Å². The molecule has 4 rings (SSSR count). The molecule has 1 aliphatic heterocycles. The highest BCUT2D eigenvalue weighted by molar-refractivity contribution is 7.52. The summed E-state index contributed by atoms with van der Waals surface area (Å²) >= 11 is 2.39. The van der Waals surface area contributed by atoms with Crippen LogP contribution < -0.4 is 10.6 Å². The highest BCUT2D eigenvalue weighted by Gasteiger charge is 2.50. The number of anilines is 1.